The molecule has 0 fully saturated rings. The van der Waals surface area contributed by atoms with Gasteiger partial charge in [-0.1, -0.05) is 16.8 Å². The first-order chi connectivity index (χ1) is 3.31. The summed E-state index contributed by atoms with van der Waals surface area (Å²) in [5, 5.41) is 10.5. The number of nitrogens with zero attached hydrogens (tertiary/aromatic N) is 1. The molecule has 42 valence electrons. The van der Waals surface area contributed by atoms with Crippen LogP contribution >= 0.6 is 11.6 Å². The van der Waals surface area contributed by atoms with Crippen molar-refractivity contribution in [2.75, 3.05) is 13.7 Å². The van der Waals surface area contributed by atoms with Crippen LogP contribution in [0.5, 0.6) is 0 Å². The van der Waals surface area contributed by atoms with Gasteiger partial charge < -0.3 is 9.94 Å². The third kappa shape index (κ3) is 3.55. The van der Waals surface area contributed by atoms with E-state index in [1.807, 2.05) is 0 Å². The molecule has 0 aromatic carbocycles. The Morgan fingerprint density at radius 1 is 2.00 bits per heavy atom. The van der Waals surface area contributed by atoms with Gasteiger partial charge in [0, 0.05) is 7.11 Å². The molecule has 0 unspecified atom stereocenters. The van der Waals surface area contributed by atoms with Gasteiger partial charge in [0.15, 0.2) is 5.17 Å². The monoisotopic (exact) mass is 123 g/mol. The Morgan fingerprint density at radius 3 is 2.71 bits per heavy atom. The standard InChI is InChI=1S/C3H6ClNO2/c1-7-2-3(4)5-6/h6H,2H2,1H3/b5-3+. The molecule has 0 aliphatic rings. The Balaban J connectivity index is 3.17. The Morgan fingerprint density at radius 2 is 2.57 bits per heavy atom. The van der Waals surface area contributed by atoms with E-state index in [1.54, 1.807) is 0 Å². The van der Waals surface area contributed by atoms with Crippen molar-refractivity contribution in [1.29, 1.82) is 0 Å². The van der Waals surface area contributed by atoms with Gasteiger partial charge in [0.2, 0.25) is 0 Å². The summed E-state index contributed by atoms with van der Waals surface area (Å²) in [4.78, 5) is 0. The van der Waals surface area contributed by atoms with Crippen molar-refractivity contribution < 1.29 is 9.94 Å². The van der Waals surface area contributed by atoms with Crippen LogP contribution in [-0.4, -0.2) is 24.1 Å². The van der Waals surface area contributed by atoms with Crippen LogP contribution in [0.1, 0.15) is 0 Å². The first-order valence-corrected chi connectivity index (χ1v) is 2.04. The summed E-state index contributed by atoms with van der Waals surface area (Å²) in [7, 11) is 1.47. The fourth-order valence-electron chi connectivity index (χ4n) is 0.148. The van der Waals surface area contributed by atoms with E-state index in [1.165, 1.54) is 7.11 Å². The summed E-state index contributed by atoms with van der Waals surface area (Å²) in [6, 6.07) is 0. The largest absolute Gasteiger partial charge is 0.410 e. The van der Waals surface area contributed by atoms with Crippen LogP contribution in [0.25, 0.3) is 0 Å². The molecule has 0 atom stereocenters. The second-order valence-corrected chi connectivity index (χ2v) is 1.35. The van der Waals surface area contributed by atoms with Gasteiger partial charge >= 0.3 is 0 Å². The van der Waals surface area contributed by atoms with Gasteiger partial charge in [-0.25, -0.2) is 0 Å². The molecule has 0 spiro atoms. The van der Waals surface area contributed by atoms with E-state index >= 15 is 0 Å². The number of rotatable bonds is 2. The maximum Gasteiger partial charge on any atom is 0.170 e. The highest BCUT2D eigenvalue weighted by Crippen LogP contribution is 1.82. The van der Waals surface area contributed by atoms with Crippen molar-refractivity contribution in [3.63, 3.8) is 0 Å². The minimum atomic E-state index is 0.0579. The quantitative estimate of drug-likeness (QED) is 0.333. The molecule has 7 heavy (non-hydrogen) atoms. The molecule has 0 aromatic heterocycles. The Hall–Kier alpha value is -0.280. The van der Waals surface area contributed by atoms with Gasteiger partial charge in [-0.15, -0.1) is 0 Å². The summed E-state index contributed by atoms with van der Waals surface area (Å²) in [5.74, 6) is 0. The Bertz CT molecular complexity index is 73.3. The maximum absolute atomic E-state index is 7.84. The zero-order valence-electron chi connectivity index (χ0n) is 3.89. The van der Waals surface area contributed by atoms with Crippen molar-refractivity contribution in [2.45, 2.75) is 0 Å². The van der Waals surface area contributed by atoms with E-state index in [9.17, 15) is 0 Å². The lowest BCUT2D eigenvalue weighted by Crippen LogP contribution is -1.97. The summed E-state index contributed by atoms with van der Waals surface area (Å²) in [6.45, 7) is 0.165. The van der Waals surface area contributed by atoms with Crippen LogP contribution in [0.3, 0.4) is 0 Å². The average molecular weight is 124 g/mol. The molecule has 3 nitrogen and oxygen atoms in total. The second kappa shape index (κ2) is 3.89. The second-order valence-electron chi connectivity index (χ2n) is 0.909. The topological polar surface area (TPSA) is 41.8 Å². The third-order valence-corrected chi connectivity index (χ3v) is 0.557. The van der Waals surface area contributed by atoms with E-state index in [0.29, 0.717) is 0 Å². The lowest BCUT2D eigenvalue weighted by Gasteiger charge is -1.88. The average Bonchev–Trinajstić information content (AvgIpc) is 1.68. The van der Waals surface area contributed by atoms with E-state index in [-0.39, 0.29) is 11.8 Å². The van der Waals surface area contributed by atoms with Gasteiger partial charge in [0.05, 0.1) is 0 Å². The van der Waals surface area contributed by atoms with Crippen LogP contribution < -0.4 is 0 Å². The van der Waals surface area contributed by atoms with E-state index < -0.39 is 0 Å². The lowest BCUT2D eigenvalue weighted by molar-refractivity contribution is 0.240. The normalized spacial score (nSPS) is 12.0. The molecule has 0 amide bonds. The van der Waals surface area contributed by atoms with Gasteiger partial charge in [0.25, 0.3) is 0 Å². The van der Waals surface area contributed by atoms with Crippen LogP contribution in [-0.2, 0) is 4.74 Å². The Kier molecular flexibility index (Phi) is 3.74. The van der Waals surface area contributed by atoms with Gasteiger partial charge in [-0.2, -0.15) is 0 Å². The summed E-state index contributed by atoms with van der Waals surface area (Å²) >= 11 is 5.14. The smallest absolute Gasteiger partial charge is 0.170 e. The maximum atomic E-state index is 7.84. The molecule has 0 heterocycles. The summed E-state index contributed by atoms with van der Waals surface area (Å²) in [6.07, 6.45) is 0. The predicted octanol–water partition coefficient (Wildman–Crippen LogP) is 0.659. The van der Waals surface area contributed by atoms with Crippen molar-refractivity contribution in [2.24, 2.45) is 5.16 Å². The molecule has 0 saturated carbocycles. The molecule has 0 aromatic rings. The lowest BCUT2D eigenvalue weighted by atomic mass is 10.8. The van der Waals surface area contributed by atoms with E-state index in [0.717, 1.165) is 0 Å². The third-order valence-electron chi connectivity index (χ3n) is 0.372. The minimum absolute atomic E-state index is 0.0579. The van der Waals surface area contributed by atoms with Gasteiger partial charge in [0.1, 0.15) is 6.61 Å². The molecule has 4 heteroatoms. The van der Waals surface area contributed by atoms with Crippen LogP contribution in [0.4, 0.5) is 0 Å². The zero-order chi connectivity index (χ0) is 5.70. The van der Waals surface area contributed by atoms with Crippen LogP contribution in [0.15, 0.2) is 5.16 Å². The Labute approximate surface area is 46.5 Å². The molecule has 1 N–H and O–H groups in total. The fourth-order valence-corrected chi connectivity index (χ4v) is 0.257. The molecule has 0 aliphatic carbocycles. The zero-order valence-corrected chi connectivity index (χ0v) is 4.64. The number of methoxy groups -OCH3 is 1. The summed E-state index contributed by atoms with van der Waals surface area (Å²) < 4.78 is 4.47. The molecule has 0 aliphatic heterocycles. The van der Waals surface area contributed by atoms with Gasteiger partial charge in [-0.3, -0.25) is 0 Å². The molecule has 0 saturated heterocycles. The molecule has 0 rings (SSSR count). The van der Waals surface area contributed by atoms with E-state index in [2.05, 4.69) is 9.89 Å². The highest BCUT2D eigenvalue weighted by atomic mass is 35.5. The number of halogens is 1. The fraction of sp³-hybridized carbons (Fsp3) is 0.667. The molecular formula is C3H6ClNO2. The number of ether oxygens (including phenoxy) is 1. The number of hydrogen-bond acceptors (Lipinski definition) is 3. The first kappa shape index (κ1) is 6.72. The summed E-state index contributed by atoms with van der Waals surface area (Å²) in [5.41, 5.74) is 0. The van der Waals surface area contributed by atoms with Crippen molar-refractivity contribution >= 4 is 16.8 Å². The van der Waals surface area contributed by atoms with Gasteiger partial charge in [-0.05, 0) is 0 Å². The van der Waals surface area contributed by atoms with E-state index in [4.69, 9.17) is 16.8 Å². The molecule has 0 radical (unpaired) electrons. The van der Waals surface area contributed by atoms with Crippen molar-refractivity contribution in [3.05, 3.63) is 0 Å². The SMILES string of the molecule is COC/C(Cl)=N\O. The van der Waals surface area contributed by atoms with Crippen molar-refractivity contribution in [3.8, 4) is 0 Å². The van der Waals surface area contributed by atoms with Crippen LogP contribution in [0, 0.1) is 0 Å². The van der Waals surface area contributed by atoms with Crippen LogP contribution in [0.2, 0.25) is 0 Å². The minimum Gasteiger partial charge on any atom is -0.410 e. The number of oxime groups is 1. The highest BCUT2D eigenvalue weighted by Gasteiger charge is 1.87. The van der Waals surface area contributed by atoms with Crippen molar-refractivity contribution in [1.82, 2.24) is 0 Å². The predicted molar refractivity (Wildman–Crippen MR) is 27.0 cm³/mol. The molecule has 0 bridgehead atoms. The highest BCUT2D eigenvalue weighted by molar-refractivity contribution is 6.65. The molecular weight excluding hydrogens is 117 g/mol. The number of hydrogen-bond donors (Lipinski definition) is 1. The first-order valence-electron chi connectivity index (χ1n) is 1.66.